The summed E-state index contributed by atoms with van der Waals surface area (Å²) in [6.45, 7) is 8.11. The minimum absolute atomic E-state index is 0.649. The second-order valence-corrected chi connectivity index (χ2v) is 6.05. The van der Waals surface area contributed by atoms with Crippen LogP contribution in [0.3, 0.4) is 0 Å². The topological polar surface area (TPSA) is 46.1 Å². The molecule has 0 spiro atoms. The van der Waals surface area contributed by atoms with Crippen LogP contribution in [0.4, 0.5) is 0 Å². The maximum Gasteiger partial charge on any atom is 0.194 e. The molecule has 2 rings (SSSR count). The van der Waals surface area contributed by atoms with Crippen molar-refractivity contribution in [2.45, 2.75) is 32.6 Å². The fourth-order valence-corrected chi connectivity index (χ4v) is 3.47. The lowest BCUT2D eigenvalue weighted by atomic mass is 9.82. The van der Waals surface area contributed by atoms with Crippen molar-refractivity contribution < 1.29 is 9.47 Å². The largest absolute Gasteiger partial charge is 0.382 e. The van der Waals surface area contributed by atoms with Crippen LogP contribution in [0.5, 0.6) is 0 Å². The summed E-state index contributed by atoms with van der Waals surface area (Å²) in [5.41, 5.74) is 0. The maximum atomic E-state index is 5.48. The summed E-state index contributed by atoms with van der Waals surface area (Å²) in [5, 5.41) is 3.43. The number of guanidine groups is 1. The standard InChI is InChI=1S/C16H31N3O2/c1-3-17-16(18-8-9-21-11-10-20-2)19-12-14-6-4-5-7-15(14)13-19/h14-15H,3-13H2,1-2H3,(H,17,18). The number of methoxy groups -OCH3 is 1. The summed E-state index contributed by atoms with van der Waals surface area (Å²) in [6.07, 6.45) is 5.63. The van der Waals surface area contributed by atoms with E-state index in [2.05, 4.69) is 17.1 Å². The van der Waals surface area contributed by atoms with Crippen LogP contribution in [0.2, 0.25) is 0 Å². The lowest BCUT2D eigenvalue weighted by molar-refractivity contribution is 0.0747. The van der Waals surface area contributed by atoms with Gasteiger partial charge in [-0.25, -0.2) is 0 Å². The van der Waals surface area contributed by atoms with Gasteiger partial charge in [0.25, 0.3) is 0 Å². The molecule has 2 aliphatic rings. The first-order chi connectivity index (χ1) is 10.3. The Morgan fingerprint density at radius 2 is 1.86 bits per heavy atom. The fourth-order valence-electron chi connectivity index (χ4n) is 3.47. The molecule has 1 heterocycles. The Morgan fingerprint density at radius 1 is 1.14 bits per heavy atom. The summed E-state index contributed by atoms with van der Waals surface area (Å²) in [5.74, 6) is 2.85. The van der Waals surface area contributed by atoms with Crippen molar-refractivity contribution in [3.63, 3.8) is 0 Å². The highest BCUT2D eigenvalue weighted by Crippen LogP contribution is 2.35. The molecule has 2 unspecified atom stereocenters. The molecule has 1 N–H and O–H groups in total. The number of ether oxygens (including phenoxy) is 2. The molecule has 0 radical (unpaired) electrons. The smallest absolute Gasteiger partial charge is 0.194 e. The van der Waals surface area contributed by atoms with Crippen molar-refractivity contribution in [2.75, 3.05) is 53.1 Å². The van der Waals surface area contributed by atoms with Crippen LogP contribution < -0.4 is 5.32 Å². The van der Waals surface area contributed by atoms with Gasteiger partial charge in [0.15, 0.2) is 5.96 Å². The van der Waals surface area contributed by atoms with Gasteiger partial charge in [-0.15, -0.1) is 0 Å². The number of nitrogens with one attached hydrogen (secondary N) is 1. The molecular weight excluding hydrogens is 266 g/mol. The van der Waals surface area contributed by atoms with Gasteiger partial charge < -0.3 is 19.7 Å². The molecule has 1 saturated carbocycles. The lowest BCUT2D eigenvalue weighted by Gasteiger charge is -2.22. The minimum Gasteiger partial charge on any atom is -0.382 e. The van der Waals surface area contributed by atoms with Gasteiger partial charge in [-0.1, -0.05) is 12.8 Å². The Balaban J connectivity index is 1.78. The van der Waals surface area contributed by atoms with E-state index in [1.165, 1.54) is 38.8 Å². The maximum absolute atomic E-state index is 5.48. The lowest BCUT2D eigenvalue weighted by Crippen LogP contribution is -2.40. The first-order valence-electron chi connectivity index (χ1n) is 8.45. The number of hydrogen-bond donors (Lipinski definition) is 1. The molecule has 5 nitrogen and oxygen atoms in total. The van der Waals surface area contributed by atoms with Gasteiger partial charge in [0.05, 0.1) is 26.4 Å². The highest BCUT2D eigenvalue weighted by atomic mass is 16.5. The molecule has 122 valence electrons. The molecule has 5 heteroatoms. The van der Waals surface area contributed by atoms with Gasteiger partial charge >= 0.3 is 0 Å². The molecule has 0 aromatic heterocycles. The van der Waals surface area contributed by atoms with Crippen molar-refractivity contribution in [1.82, 2.24) is 10.2 Å². The van der Waals surface area contributed by atoms with E-state index < -0.39 is 0 Å². The number of nitrogens with zero attached hydrogens (tertiary/aromatic N) is 2. The van der Waals surface area contributed by atoms with Gasteiger partial charge in [-0.3, -0.25) is 4.99 Å². The molecule has 1 saturated heterocycles. The Labute approximate surface area is 129 Å². The highest BCUT2D eigenvalue weighted by molar-refractivity contribution is 5.80. The van der Waals surface area contributed by atoms with Crippen molar-refractivity contribution in [2.24, 2.45) is 16.8 Å². The summed E-state index contributed by atoms with van der Waals surface area (Å²) >= 11 is 0. The third-order valence-electron chi connectivity index (χ3n) is 4.54. The first-order valence-corrected chi connectivity index (χ1v) is 8.45. The number of aliphatic imine (C=N–C) groups is 1. The zero-order valence-corrected chi connectivity index (χ0v) is 13.6. The zero-order chi connectivity index (χ0) is 14.9. The van der Waals surface area contributed by atoms with E-state index in [0.717, 1.165) is 30.9 Å². The van der Waals surface area contributed by atoms with E-state index in [0.29, 0.717) is 19.8 Å². The summed E-state index contributed by atoms with van der Waals surface area (Å²) in [7, 11) is 1.69. The Bertz CT molecular complexity index is 309. The van der Waals surface area contributed by atoms with Crippen molar-refractivity contribution in [3.05, 3.63) is 0 Å². The Kier molecular flexibility index (Phi) is 7.30. The molecule has 21 heavy (non-hydrogen) atoms. The number of likely N-dealkylation sites (tertiary alicyclic amines) is 1. The molecular formula is C16H31N3O2. The van der Waals surface area contributed by atoms with Crippen LogP contribution >= 0.6 is 0 Å². The number of fused-ring (bicyclic) bond motifs is 1. The van der Waals surface area contributed by atoms with Gasteiger partial charge in [0.1, 0.15) is 0 Å². The van der Waals surface area contributed by atoms with E-state index in [1.54, 1.807) is 7.11 Å². The Morgan fingerprint density at radius 3 is 2.48 bits per heavy atom. The first kappa shape index (κ1) is 16.6. The summed E-state index contributed by atoms with van der Waals surface area (Å²) in [4.78, 5) is 7.17. The van der Waals surface area contributed by atoms with E-state index >= 15 is 0 Å². The van der Waals surface area contributed by atoms with Gasteiger partial charge in [0, 0.05) is 26.7 Å². The summed E-state index contributed by atoms with van der Waals surface area (Å²) in [6, 6.07) is 0. The molecule has 0 bridgehead atoms. The summed E-state index contributed by atoms with van der Waals surface area (Å²) < 4.78 is 10.4. The highest BCUT2D eigenvalue weighted by Gasteiger charge is 2.35. The van der Waals surface area contributed by atoms with Crippen molar-refractivity contribution in [3.8, 4) is 0 Å². The second-order valence-electron chi connectivity index (χ2n) is 6.05. The van der Waals surface area contributed by atoms with E-state index in [1.807, 2.05) is 0 Å². The van der Waals surface area contributed by atoms with Crippen LogP contribution in [0, 0.1) is 11.8 Å². The van der Waals surface area contributed by atoms with E-state index in [9.17, 15) is 0 Å². The van der Waals surface area contributed by atoms with Crippen LogP contribution in [-0.4, -0.2) is 64.0 Å². The van der Waals surface area contributed by atoms with Crippen molar-refractivity contribution in [1.29, 1.82) is 0 Å². The number of rotatable bonds is 7. The zero-order valence-electron chi connectivity index (χ0n) is 13.6. The van der Waals surface area contributed by atoms with Gasteiger partial charge in [-0.05, 0) is 31.6 Å². The van der Waals surface area contributed by atoms with E-state index in [-0.39, 0.29) is 0 Å². The molecule has 2 atom stereocenters. The average Bonchev–Trinajstić information content (AvgIpc) is 2.93. The van der Waals surface area contributed by atoms with Gasteiger partial charge in [0.2, 0.25) is 0 Å². The van der Waals surface area contributed by atoms with Gasteiger partial charge in [-0.2, -0.15) is 0 Å². The normalized spacial score (nSPS) is 26.0. The molecule has 0 aromatic rings. The fraction of sp³-hybridized carbons (Fsp3) is 0.938. The van der Waals surface area contributed by atoms with Crippen LogP contribution in [0.25, 0.3) is 0 Å². The third kappa shape index (κ3) is 5.15. The van der Waals surface area contributed by atoms with Crippen LogP contribution in [-0.2, 0) is 9.47 Å². The van der Waals surface area contributed by atoms with E-state index in [4.69, 9.17) is 14.5 Å². The molecule has 2 fully saturated rings. The predicted octanol–water partition coefficient (Wildman–Crippen LogP) is 1.74. The molecule has 0 amide bonds. The van der Waals surface area contributed by atoms with Crippen LogP contribution in [0.1, 0.15) is 32.6 Å². The second kappa shape index (κ2) is 9.26. The third-order valence-corrected chi connectivity index (χ3v) is 4.54. The molecule has 1 aliphatic heterocycles. The SMILES string of the molecule is CCNC(=NCCOCCOC)N1CC2CCCCC2C1. The molecule has 0 aromatic carbocycles. The average molecular weight is 297 g/mol. The number of hydrogen-bond acceptors (Lipinski definition) is 3. The predicted molar refractivity (Wildman–Crippen MR) is 85.7 cm³/mol. The quantitative estimate of drug-likeness (QED) is 0.442. The molecule has 1 aliphatic carbocycles. The minimum atomic E-state index is 0.649. The van der Waals surface area contributed by atoms with Crippen LogP contribution in [0.15, 0.2) is 4.99 Å². The monoisotopic (exact) mass is 297 g/mol. The Hall–Kier alpha value is -0.810. The van der Waals surface area contributed by atoms with Crippen molar-refractivity contribution >= 4 is 5.96 Å².